The zero-order valence-corrected chi connectivity index (χ0v) is 18.9. The number of rotatable bonds is 7. The van der Waals surface area contributed by atoms with Crippen LogP contribution >= 0.6 is 0 Å². The predicted molar refractivity (Wildman–Crippen MR) is 122 cm³/mol. The summed E-state index contributed by atoms with van der Waals surface area (Å²) in [5, 5.41) is 0. The number of ether oxygens (including phenoxy) is 4. The van der Waals surface area contributed by atoms with Crippen LogP contribution in [-0.2, 0) is 14.8 Å². The first-order valence-electron chi connectivity index (χ1n) is 10.2. The van der Waals surface area contributed by atoms with Crippen molar-refractivity contribution in [2.24, 2.45) is 0 Å². The van der Waals surface area contributed by atoms with E-state index in [0.717, 1.165) is 4.31 Å². The van der Waals surface area contributed by atoms with Crippen LogP contribution in [0.1, 0.15) is 10.4 Å². The highest BCUT2D eigenvalue weighted by Crippen LogP contribution is 2.31. The Morgan fingerprint density at radius 2 is 1.76 bits per heavy atom. The van der Waals surface area contributed by atoms with E-state index in [2.05, 4.69) is 0 Å². The number of anilines is 1. The van der Waals surface area contributed by atoms with Crippen LogP contribution in [0.2, 0.25) is 0 Å². The maximum absolute atomic E-state index is 13.1. The molecule has 8 nitrogen and oxygen atoms in total. The fourth-order valence-electron chi connectivity index (χ4n) is 3.27. The van der Waals surface area contributed by atoms with Crippen LogP contribution in [0.3, 0.4) is 0 Å². The second-order valence-corrected chi connectivity index (χ2v) is 9.26. The van der Waals surface area contributed by atoms with Gasteiger partial charge in [-0.05, 0) is 54.6 Å². The summed E-state index contributed by atoms with van der Waals surface area (Å²) >= 11 is 0. The molecule has 1 aliphatic heterocycles. The number of esters is 1. The normalized spacial score (nSPS) is 14.9. The molecule has 1 aliphatic rings. The summed E-state index contributed by atoms with van der Waals surface area (Å²) in [5.41, 5.74) is 0.579. The van der Waals surface area contributed by atoms with Crippen molar-refractivity contribution >= 4 is 21.7 Å². The van der Waals surface area contributed by atoms with E-state index in [9.17, 15) is 13.2 Å². The van der Waals surface area contributed by atoms with Gasteiger partial charge in [-0.15, -0.1) is 0 Å². The van der Waals surface area contributed by atoms with Crippen molar-refractivity contribution in [3.8, 4) is 17.2 Å². The van der Waals surface area contributed by atoms with Crippen LogP contribution in [0.5, 0.6) is 17.2 Å². The lowest BCUT2D eigenvalue weighted by Crippen LogP contribution is -2.34. The second-order valence-electron chi connectivity index (χ2n) is 7.29. The van der Waals surface area contributed by atoms with Crippen LogP contribution in [0, 0.1) is 0 Å². The Morgan fingerprint density at radius 1 is 1.03 bits per heavy atom. The lowest BCUT2D eigenvalue weighted by molar-refractivity contribution is 0.0109. The quantitative estimate of drug-likeness (QED) is 0.489. The van der Waals surface area contributed by atoms with Gasteiger partial charge in [0.1, 0.15) is 19.0 Å². The molecular weight excluding hydrogens is 446 g/mol. The minimum absolute atomic E-state index is 0.0264. The minimum Gasteiger partial charge on any atom is -0.497 e. The zero-order chi connectivity index (χ0) is 23.4. The molecule has 0 aliphatic carbocycles. The van der Waals surface area contributed by atoms with E-state index in [-0.39, 0.29) is 23.7 Å². The van der Waals surface area contributed by atoms with Crippen molar-refractivity contribution in [3.05, 3.63) is 78.4 Å². The molecule has 0 bridgehead atoms. The molecule has 0 radical (unpaired) electrons. The Balaban J connectivity index is 1.43. The van der Waals surface area contributed by atoms with Gasteiger partial charge in [0.15, 0.2) is 17.6 Å². The van der Waals surface area contributed by atoms with Gasteiger partial charge in [-0.1, -0.05) is 18.2 Å². The monoisotopic (exact) mass is 469 g/mol. The molecule has 33 heavy (non-hydrogen) atoms. The van der Waals surface area contributed by atoms with Gasteiger partial charge in [-0.2, -0.15) is 0 Å². The molecule has 3 aromatic carbocycles. The number of methoxy groups -OCH3 is 1. The van der Waals surface area contributed by atoms with Gasteiger partial charge in [0.05, 0.1) is 23.3 Å². The number of hydrogen-bond donors (Lipinski definition) is 0. The summed E-state index contributed by atoms with van der Waals surface area (Å²) in [7, 11) is -0.918. The topological polar surface area (TPSA) is 91.4 Å². The molecule has 4 rings (SSSR count). The number of sulfonamides is 1. The van der Waals surface area contributed by atoms with E-state index >= 15 is 0 Å². The molecule has 0 saturated heterocycles. The predicted octanol–water partition coefficient (Wildman–Crippen LogP) is 3.52. The second kappa shape index (κ2) is 9.41. The maximum atomic E-state index is 13.1. The van der Waals surface area contributed by atoms with Crippen molar-refractivity contribution < 1.29 is 32.2 Å². The van der Waals surface area contributed by atoms with Crippen molar-refractivity contribution in [2.75, 3.05) is 31.7 Å². The first kappa shape index (κ1) is 22.5. The van der Waals surface area contributed by atoms with Crippen molar-refractivity contribution in [3.63, 3.8) is 0 Å². The molecule has 3 aromatic rings. The fraction of sp³-hybridized carbons (Fsp3) is 0.208. The highest BCUT2D eigenvalue weighted by atomic mass is 32.2. The molecule has 0 spiro atoms. The van der Waals surface area contributed by atoms with Crippen molar-refractivity contribution in [1.29, 1.82) is 0 Å². The molecule has 1 heterocycles. The Morgan fingerprint density at radius 3 is 2.48 bits per heavy atom. The van der Waals surface area contributed by atoms with Gasteiger partial charge in [-0.3, -0.25) is 4.31 Å². The molecule has 1 unspecified atom stereocenters. The van der Waals surface area contributed by atoms with E-state index < -0.39 is 22.1 Å². The third-order valence-electron chi connectivity index (χ3n) is 5.13. The lowest BCUT2D eigenvalue weighted by Gasteiger charge is -2.26. The van der Waals surface area contributed by atoms with E-state index in [0.29, 0.717) is 22.9 Å². The molecule has 172 valence electrons. The molecule has 0 amide bonds. The molecule has 0 fully saturated rings. The largest absolute Gasteiger partial charge is 0.497 e. The first-order valence-corrected chi connectivity index (χ1v) is 11.6. The third kappa shape index (κ3) is 4.88. The summed E-state index contributed by atoms with van der Waals surface area (Å²) in [5.74, 6) is 1.19. The minimum atomic E-state index is -3.90. The smallest absolute Gasteiger partial charge is 0.338 e. The molecule has 0 saturated carbocycles. The molecule has 9 heteroatoms. The summed E-state index contributed by atoms with van der Waals surface area (Å²) in [6.45, 7) is 0.210. The van der Waals surface area contributed by atoms with Gasteiger partial charge < -0.3 is 18.9 Å². The molecule has 0 aromatic heterocycles. The van der Waals surface area contributed by atoms with Crippen LogP contribution in [0.25, 0.3) is 0 Å². The number of carbonyl (C=O) groups is 1. The number of carbonyl (C=O) groups excluding carboxylic acids is 1. The van der Waals surface area contributed by atoms with Gasteiger partial charge in [0.2, 0.25) is 0 Å². The standard InChI is InChI=1S/C24H23NO7S/c1-25(18-10-12-19(29-2)13-11-18)33(27,28)21-7-5-6-17(14-21)24(26)31-16-20-15-30-22-8-3-4-9-23(22)32-20/h3-14,20H,15-16H2,1-2H3. The summed E-state index contributed by atoms with van der Waals surface area (Å²) in [6.07, 6.45) is -0.461. The van der Waals surface area contributed by atoms with Gasteiger partial charge in [-0.25, -0.2) is 13.2 Å². The molecule has 0 N–H and O–H groups in total. The first-order chi connectivity index (χ1) is 15.9. The van der Waals surface area contributed by atoms with E-state index in [4.69, 9.17) is 18.9 Å². The van der Waals surface area contributed by atoms with E-state index in [1.807, 2.05) is 12.1 Å². The van der Waals surface area contributed by atoms with Crippen LogP contribution in [0.4, 0.5) is 5.69 Å². The SMILES string of the molecule is COc1ccc(N(C)S(=O)(=O)c2cccc(C(=O)OCC3COc4ccccc4O3)c2)cc1. The Hall–Kier alpha value is -3.72. The maximum Gasteiger partial charge on any atom is 0.338 e. The third-order valence-corrected chi connectivity index (χ3v) is 6.91. The van der Waals surface area contributed by atoms with Crippen LogP contribution in [-0.4, -0.2) is 47.9 Å². The summed E-state index contributed by atoms with van der Waals surface area (Å²) in [4.78, 5) is 12.6. The van der Waals surface area contributed by atoms with E-state index in [1.54, 1.807) is 36.4 Å². The average molecular weight is 470 g/mol. The highest BCUT2D eigenvalue weighted by Gasteiger charge is 2.25. The molecular formula is C24H23NO7S. The summed E-state index contributed by atoms with van der Waals surface area (Å²) in [6, 6.07) is 19.6. The van der Waals surface area contributed by atoms with Gasteiger partial charge in [0, 0.05) is 7.05 Å². The Kier molecular flexibility index (Phi) is 6.41. The van der Waals surface area contributed by atoms with Crippen LogP contribution < -0.4 is 18.5 Å². The number of benzene rings is 3. The fourth-order valence-corrected chi connectivity index (χ4v) is 4.51. The number of hydrogen-bond acceptors (Lipinski definition) is 7. The Bertz CT molecular complexity index is 1240. The Labute approximate surface area is 192 Å². The highest BCUT2D eigenvalue weighted by molar-refractivity contribution is 7.92. The number of fused-ring (bicyclic) bond motifs is 1. The van der Waals surface area contributed by atoms with Gasteiger partial charge >= 0.3 is 5.97 Å². The number of para-hydroxylation sites is 2. The lowest BCUT2D eigenvalue weighted by atomic mass is 10.2. The van der Waals surface area contributed by atoms with Gasteiger partial charge in [0.25, 0.3) is 10.0 Å². The average Bonchev–Trinajstić information content (AvgIpc) is 2.86. The van der Waals surface area contributed by atoms with Crippen molar-refractivity contribution in [1.82, 2.24) is 0 Å². The number of nitrogens with zero attached hydrogens (tertiary/aromatic N) is 1. The zero-order valence-electron chi connectivity index (χ0n) is 18.1. The van der Waals surface area contributed by atoms with Crippen LogP contribution in [0.15, 0.2) is 77.7 Å². The molecule has 1 atom stereocenters. The summed E-state index contributed by atoms with van der Waals surface area (Å²) < 4.78 is 49.2. The van der Waals surface area contributed by atoms with Crippen molar-refractivity contribution in [2.45, 2.75) is 11.0 Å². The van der Waals surface area contributed by atoms with E-state index in [1.165, 1.54) is 38.4 Å².